The number of likely N-dealkylation sites (tertiary alicyclic amines) is 1. The fourth-order valence-electron chi connectivity index (χ4n) is 3.00. The highest BCUT2D eigenvalue weighted by molar-refractivity contribution is 5.93. The van der Waals surface area contributed by atoms with E-state index in [1.165, 1.54) is 0 Å². The van der Waals surface area contributed by atoms with Gasteiger partial charge >= 0.3 is 0 Å². The molecule has 0 bridgehead atoms. The minimum atomic E-state index is -0.363. The van der Waals surface area contributed by atoms with Crippen LogP contribution in [0, 0.1) is 12.8 Å². The summed E-state index contributed by atoms with van der Waals surface area (Å²) in [5.41, 5.74) is 8.06. The first-order valence-corrected chi connectivity index (χ1v) is 8.09. The third kappa shape index (κ3) is 3.18. The number of hydrogen-bond acceptors (Lipinski definition) is 4. The molecule has 2 amide bonds. The van der Waals surface area contributed by atoms with Crippen molar-refractivity contribution in [1.29, 1.82) is 0 Å². The molecule has 1 saturated heterocycles. The van der Waals surface area contributed by atoms with Crippen molar-refractivity contribution in [1.82, 2.24) is 10.1 Å². The van der Waals surface area contributed by atoms with Crippen LogP contribution in [-0.2, 0) is 4.79 Å². The Labute approximate surface area is 140 Å². The van der Waals surface area contributed by atoms with Crippen molar-refractivity contribution in [2.45, 2.75) is 32.7 Å². The van der Waals surface area contributed by atoms with Gasteiger partial charge in [0.1, 0.15) is 5.69 Å². The summed E-state index contributed by atoms with van der Waals surface area (Å²) in [7, 11) is 0. The number of piperidine rings is 1. The monoisotopic (exact) mass is 327 g/mol. The third-order valence-corrected chi connectivity index (χ3v) is 4.61. The van der Waals surface area contributed by atoms with E-state index in [-0.39, 0.29) is 29.5 Å². The van der Waals surface area contributed by atoms with Gasteiger partial charge in [0.25, 0.3) is 5.91 Å². The molecule has 6 nitrogen and oxygen atoms in total. The predicted octanol–water partition coefficient (Wildman–Crippen LogP) is 2.38. The molecule has 2 heterocycles. The van der Waals surface area contributed by atoms with Gasteiger partial charge in [-0.1, -0.05) is 35.0 Å². The molecular formula is C18H21N3O3. The summed E-state index contributed by atoms with van der Waals surface area (Å²) in [5, 5.41) is 4.00. The average molecular weight is 327 g/mol. The van der Waals surface area contributed by atoms with Crippen LogP contribution in [0.25, 0.3) is 11.3 Å². The lowest BCUT2D eigenvalue weighted by atomic mass is 9.92. The Morgan fingerprint density at radius 3 is 2.62 bits per heavy atom. The van der Waals surface area contributed by atoms with Crippen molar-refractivity contribution >= 4 is 11.8 Å². The van der Waals surface area contributed by atoms with E-state index in [1.807, 2.05) is 38.1 Å². The van der Waals surface area contributed by atoms with Crippen molar-refractivity contribution < 1.29 is 14.1 Å². The van der Waals surface area contributed by atoms with Gasteiger partial charge in [-0.15, -0.1) is 0 Å². The number of nitrogens with zero attached hydrogens (tertiary/aromatic N) is 2. The molecule has 126 valence electrons. The van der Waals surface area contributed by atoms with Gasteiger partial charge in [-0.05, 0) is 26.7 Å². The number of aryl methyl sites for hydroxylation is 1. The van der Waals surface area contributed by atoms with Crippen LogP contribution < -0.4 is 5.73 Å². The number of nitrogens with two attached hydrogens (primary N) is 1. The molecule has 2 atom stereocenters. The first-order chi connectivity index (χ1) is 11.5. The number of aromatic nitrogens is 1. The minimum Gasteiger partial charge on any atom is -0.369 e. The lowest BCUT2D eigenvalue weighted by Gasteiger charge is -2.36. The van der Waals surface area contributed by atoms with Gasteiger partial charge < -0.3 is 15.2 Å². The van der Waals surface area contributed by atoms with E-state index in [9.17, 15) is 9.59 Å². The molecule has 1 aliphatic heterocycles. The highest BCUT2D eigenvalue weighted by atomic mass is 16.5. The van der Waals surface area contributed by atoms with Crippen LogP contribution in [0.3, 0.4) is 0 Å². The van der Waals surface area contributed by atoms with Crippen molar-refractivity contribution in [2.24, 2.45) is 11.7 Å². The molecule has 6 heteroatoms. The van der Waals surface area contributed by atoms with Gasteiger partial charge in [-0.2, -0.15) is 0 Å². The van der Waals surface area contributed by atoms with Gasteiger partial charge in [0, 0.05) is 24.2 Å². The maximum Gasteiger partial charge on any atom is 0.292 e. The predicted molar refractivity (Wildman–Crippen MR) is 89.1 cm³/mol. The number of carbonyl (C=O) groups is 2. The first-order valence-electron chi connectivity index (χ1n) is 8.09. The second-order valence-electron chi connectivity index (χ2n) is 6.43. The normalized spacial score (nSPS) is 20.8. The minimum absolute atomic E-state index is 0.0426. The zero-order chi connectivity index (χ0) is 17.3. The Kier molecular flexibility index (Phi) is 4.38. The van der Waals surface area contributed by atoms with Crippen LogP contribution in [0.15, 0.2) is 34.9 Å². The summed E-state index contributed by atoms with van der Waals surface area (Å²) in [6.07, 6.45) is 1.46. The van der Waals surface area contributed by atoms with E-state index in [0.29, 0.717) is 18.7 Å². The molecule has 2 N–H and O–H groups in total. The maximum atomic E-state index is 12.7. The number of carbonyl (C=O) groups excluding carboxylic acids is 2. The Morgan fingerprint density at radius 2 is 1.96 bits per heavy atom. The van der Waals surface area contributed by atoms with E-state index < -0.39 is 0 Å². The van der Waals surface area contributed by atoms with E-state index in [1.54, 1.807) is 11.0 Å². The van der Waals surface area contributed by atoms with E-state index in [2.05, 4.69) is 5.16 Å². The smallest absolute Gasteiger partial charge is 0.292 e. The molecule has 2 aromatic rings. The lowest BCUT2D eigenvalue weighted by Crippen LogP contribution is -2.48. The van der Waals surface area contributed by atoms with Crippen molar-refractivity contribution in [3.63, 3.8) is 0 Å². The molecule has 1 aromatic carbocycles. The number of benzene rings is 1. The molecule has 24 heavy (non-hydrogen) atoms. The van der Waals surface area contributed by atoms with Crippen molar-refractivity contribution in [3.8, 4) is 11.3 Å². The van der Waals surface area contributed by atoms with Crippen LogP contribution in [0.1, 0.15) is 35.9 Å². The van der Waals surface area contributed by atoms with E-state index in [4.69, 9.17) is 10.3 Å². The molecule has 1 aromatic heterocycles. The lowest BCUT2D eigenvalue weighted by molar-refractivity contribution is -0.123. The average Bonchev–Trinajstić information content (AvgIpc) is 3.05. The fraction of sp³-hybridized carbons (Fsp3) is 0.389. The second kappa shape index (κ2) is 6.47. The SMILES string of the molecule is Cc1ccc(-c2cc(C(=O)N3CC(C(N)=O)CCC3C)on2)cc1. The Hall–Kier alpha value is -2.63. The van der Waals surface area contributed by atoms with Crippen molar-refractivity contribution in [2.75, 3.05) is 6.54 Å². The highest BCUT2D eigenvalue weighted by Gasteiger charge is 2.33. The molecule has 0 aliphatic carbocycles. The van der Waals surface area contributed by atoms with Crippen LogP contribution in [0.4, 0.5) is 0 Å². The van der Waals surface area contributed by atoms with Gasteiger partial charge in [-0.25, -0.2) is 0 Å². The molecule has 0 spiro atoms. The van der Waals surface area contributed by atoms with E-state index >= 15 is 0 Å². The summed E-state index contributed by atoms with van der Waals surface area (Å²) in [6, 6.07) is 9.53. The van der Waals surface area contributed by atoms with Gasteiger partial charge in [0.15, 0.2) is 0 Å². The van der Waals surface area contributed by atoms with Crippen LogP contribution >= 0.6 is 0 Å². The number of primary amides is 1. The first kappa shape index (κ1) is 16.2. The fourth-order valence-corrected chi connectivity index (χ4v) is 3.00. The quantitative estimate of drug-likeness (QED) is 0.937. The summed E-state index contributed by atoms with van der Waals surface area (Å²) >= 11 is 0. The molecule has 2 unspecified atom stereocenters. The van der Waals surface area contributed by atoms with Gasteiger partial charge in [0.05, 0.1) is 5.92 Å². The maximum absolute atomic E-state index is 12.7. The molecule has 1 aliphatic rings. The zero-order valence-electron chi connectivity index (χ0n) is 13.9. The van der Waals surface area contributed by atoms with Crippen LogP contribution in [-0.4, -0.2) is 34.5 Å². The largest absolute Gasteiger partial charge is 0.369 e. The topological polar surface area (TPSA) is 89.4 Å². The highest BCUT2D eigenvalue weighted by Crippen LogP contribution is 2.25. The molecule has 0 saturated carbocycles. The summed E-state index contributed by atoms with van der Waals surface area (Å²) in [6.45, 7) is 4.30. The molecule has 0 radical (unpaired) electrons. The van der Waals surface area contributed by atoms with Crippen LogP contribution in [0.2, 0.25) is 0 Å². The standard InChI is InChI=1S/C18H21N3O3/c1-11-3-6-13(7-4-11)15-9-16(24-20-15)18(23)21-10-14(17(19)22)8-5-12(21)2/h3-4,6-7,9,12,14H,5,8,10H2,1-2H3,(H2,19,22). The Balaban J connectivity index is 1.80. The summed E-state index contributed by atoms with van der Waals surface area (Å²) in [5.74, 6) is -0.732. The van der Waals surface area contributed by atoms with E-state index in [0.717, 1.165) is 17.5 Å². The third-order valence-electron chi connectivity index (χ3n) is 4.61. The number of hydrogen-bond donors (Lipinski definition) is 1. The van der Waals surface area contributed by atoms with Gasteiger partial charge in [0.2, 0.25) is 11.7 Å². The number of rotatable bonds is 3. The Morgan fingerprint density at radius 1 is 1.25 bits per heavy atom. The Bertz CT molecular complexity index is 751. The molecular weight excluding hydrogens is 306 g/mol. The number of amides is 2. The summed E-state index contributed by atoms with van der Waals surface area (Å²) in [4.78, 5) is 25.8. The second-order valence-corrected chi connectivity index (χ2v) is 6.43. The summed E-state index contributed by atoms with van der Waals surface area (Å²) < 4.78 is 5.25. The van der Waals surface area contributed by atoms with Gasteiger partial charge in [-0.3, -0.25) is 9.59 Å². The molecule has 3 rings (SSSR count). The molecule has 1 fully saturated rings. The zero-order valence-corrected chi connectivity index (χ0v) is 13.9. The van der Waals surface area contributed by atoms with Crippen molar-refractivity contribution in [3.05, 3.63) is 41.7 Å². The van der Waals surface area contributed by atoms with Crippen LogP contribution in [0.5, 0.6) is 0 Å².